The van der Waals surface area contributed by atoms with Crippen molar-refractivity contribution in [3.8, 4) is 0 Å². The highest BCUT2D eigenvalue weighted by Crippen LogP contribution is 2.34. The van der Waals surface area contributed by atoms with E-state index in [-0.39, 0.29) is 30.1 Å². The molecular weight excluding hydrogens is 385 g/mol. The number of H-pyrrole nitrogens is 2. The zero-order valence-corrected chi connectivity index (χ0v) is 16.6. The molecule has 1 aliphatic heterocycles. The van der Waals surface area contributed by atoms with E-state index in [1.165, 1.54) is 12.1 Å². The van der Waals surface area contributed by atoms with Crippen LogP contribution in [0, 0.1) is 12.7 Å². The summed E-state index contributed by atoms with van der Waals surface area (Å²) in [5, 5.41) is 1.90. The number of carbonyl (C=O) groups is 1. The molecule has 2 N–H and O–H groups in total. The van der Waals surface area contributed by atoms with E-state index in [9.17, 15) is 14.0 Å². The van der Waals surface area contributed by atoms with Gasteiger partial charge in [-0.05, 0) is 42.1 Å². The molecule has 1 atom stereocenters. The molecule has 0 unspecified atom stereocenters. The van der Waals surface area contributed by atoms with Crippen LogP contribution in [0.2, 0.25) is 0 Å². The van der Waals surface area contributed by atoms with Crippen LogP contribution in [0.15, 0.2) is 47.3 Å². The summed E-state index contributed by atoms with van der Waals surface area (Å²) in [5.41, 5.74) is 3.50. The minimum Gasteiger partial charge on any atom is -0.373 e. The molecule has 0 saturated heterocycles. The molecule has 5 rings (SSSR count). The lowest BCUT2D eigenvalue weighted by atomic mass is 9.95. The topological polar surface area (TPSA) is 78.2 Å². The van der Waals surface area contributed by atoms with Crippen molar-refractivity contribution in [3.05, 3.63) is 81.2 Å². The van der Waals surface area contributed by atoms with Crippen LogP contribution in [-0.4, -0.2) is 34.4 Å². The number of aromatic nitrogens is 2. The van der Waals surface area contributed by atoms with Gasteiger partial charge in [-0.25, -0.2) is 4.39 Å². The molecule has 1 amide bonds. The highest BCUT2D eigenvalue weighted by atomic mass is 19.1. The third-order valence-electron chi connectivity index (χ3n) is 5.86. The first kappa shape index (κ1) is 18.6. The van der Waals surface area contributed by atoms with Crippen LogP contribution in [0.5, 0.6) is 0 Å². The van der Waals surface area contributed by atoms with E-state index < -0.39 is 11.9 Å². The summed E-state index contributed by atoms with van der Waals surface area (Å²) < 4.78 is 19.4. The van der Waals surface area contributed by atoms with Gasteiger partial charge in [0.15, 0.2) is 0 Å². The van der Waals surface area contributed by atoms with Crippen LogP contribution < -0.4 is 5.56 Å². The van der Waals surface area contributed by atoms with Crippen molar-refractivity contribution in [2.75, 3.05) is 13.7 Å². The fourth-order valence-corrected chi connectivity index (χ4v) is 4.28. The van der Waals surface area contributed by atoms with Crippen molar-refractivity contribution in [2.45, 2.75) is 19.6 Å². The van der Waals surface area contributed by atoms with E-state index >= 15 is 0 Å². The van der Waals surface area contributed by atoms with Gasteiger partial charge in [0, 0.05) is 29.2 Å². The maximum atomic E-state index is 13.7. The lowest BCUT2D eigenvalue weighted by Crippen LogP contribution is -2.37. The predicted molar refractivity (Wildman–Crippen MR) is 112 cm³/mol. The number of hydrogen-bond acceptors (Lipinski definition) is 3. The molecule has 6 nitrogen and oxygen atoms in total. The van der Waals surface area contributed by atoms with E-state index in [1.54, 1.807) is 18.0 Å². The molecule has 152 valence electrons. The van der Waals surface area contributed by atoms with Gasteiger partial charge in [-0.15, -0.1) is 0 Å². The Morgan fingerprint density at radius 3 is 2.77 bits per heavy atom. The number of nitrogens with one attached hydrogen (secondary N) is 2. The van der Waals surface area contributed by atoms with Crippen LogP contribution in [0.4, 0.5) is 4.39 Å². The molecule has 0 radical (unpaired) electrons. The van der Waals surface area contributed by atoms with Gasteiger partial charge in [0.2, 0.25) is 0 Å². The second-order valence-corrected chi connectivity index (χ2v) is 7.70. The van der Waals surface area contributed by atoms with Gasteiger partial charge < -0.3 is 19.6 Å². The molecule has 1 aliphatic rings. The summed E-state index contributed by atoms with van der Waals surface area (Å²) in [6.45, 7) is 2.52. The number of ether oxygens (including phenoxy) is 1. The van der Waals surface area contributed by atoms with Gasteiger partial charge in [-0.2, -0.15) is 0 Å². The van der Waals surface area contributed by atoms with Gasteiger partial charge in [0.05, 0.1) is 24.6 Å². The zero-order chi connectivity index (χ0) is 21.0. The molecule has 7 heteroatoms. The van der Waals surface area contributed by atoms with Crippen LogP contribution in [-0.2, 0) is 11.3 Å². The first-order valence-corrected chi connectivity index (χ1v) is 9.71. The van der Waals surface area contributed by atoms with E-state index in [0.29, 0.717) is 16.8 Å². The monoisotopic (exact) mass is 405 g/mol. The summed E-state index contributed by atoms with van der Waals surface area (Å²) in [6.07, 6.45) is 0. The fourth-order valence-electron chi connectivity index (χ4n) is 4.28. The molecule has 2 aromatic carbocycles. The van der Waals surface area contributed by atoms with Crippen molar-refractivity contribution in [3.63, 3.8) is 0 Å². The van der Waals surface area contributed by atoms with Crippen LogP contribution in [0.1, 0.15) is 33.4 Å². The second-order valence-electron chi connectivity index (χ2n) is 7.70. The van der Waals surface area contributed by atoms with Gasteiger partial charge in [-0.3, -0.25) is 9.59 Å². The van der Waals surface area contributed by atoms with Crippen molar-refractivity contribution in [1.82, 2.24) is 14.9 Å². The van der Waals surface area contributed by atoms with E-state index in [1.807, 2.05) is 31.2 Å². The number of amides is 1. The van der Waals surface area contributed by atoms with Crippen molar-refractivity contribution < 1.29 is 13.9 Å². The van der Waals surface area contributed by atoms with Gasteiger partial charge in [0.25, 0.3) is 11.5 Å². The van der Waals surface area contributed by atoms with Gasteiger partial charge >= 0.3 is 0 Å². The Labute approximate surface area is 171 Å². The number of likely N-dealkylation sites (N-methyl/N-ethyl adjacent to an activating group) is 1. The Kier molecular flexibility index (Phi) is 4.22. The molecule has 30 heavy (non-hydrogen) atoms. The number of rotatable bonds is 2. The molecule has 0 bridgehead atoms. The van der Waals surface area contributed by atoms with Crippen molar-refractivity contribution >= 4 is 27.6 Å². The maximum absolute atomic E-state index is 13.7. The van der Waals surface area contributed by atoms with E-state index in [0.717, 1.165) is 22.0 Å². The highest BCUT2D eigenvalue weighted by molar-refractivity contribution is 5.99. The predicted octanol–water partition coefficient (Wildman–Crippen LogP) is 3.80. The summed E-state index contributed by atoms with van der Waals surface area (Å²) in [7, 11) is 1.71. The smallest absolute Gasteiger partial charge is 0.270 e. The summed E-state index contributed by atoms with van der Waals surface area (Å²) in [6, 6.07) is 11.5. The van der Waals surface area contributed by atoms with Gasteiger partial charge in [0.1, 0.15) is 11.5 Å². The average Bonchev–Trinajstić information content (AvgIpc) is 3.18. The van der Waals surface area contributed by atoms with Crippen molar-refractivity contribution in [1.29, 1.82) is 0 Å². The number of aryl methyl sites for hydroxylation is 1. The second kappa shape index (κ2) is 6.81. The number of fused-ring (bicyclic) bond motifs is 4. The highest BCUT2D eigenvalue weighted by Gasteiger charge is 2.31. The molecule has 3 heterocycles. The number of benzene rings is 2. The van der Waals surface area contributed by atoms with E-state index in [4.69, 9.17) is 4.74 Å². The first-order chi connectivity index (χ1) is 14.4. The Morgan fingerprint density at radius 2 is 1.97 bits per heavy atom. The SMILES string of the molecule is Cc1cccc2[nH]c(C(=O)N(C)[C@H]3COCc4[nH]c(=O)c5cc(F)ccc5c43)cc12. The summed E-state index contributed by atoms with van der Waals surface area (Å²) in [5.74, 6) is -0.664. The quantitative estimate of drug-likeness (QED) is 0.533. The summed E-state index contributed by atoms with van der Waals surface area (Å²) in [4.78, 5) is 33.3. The number of nitrogens with zero attached hydrogens (tertiary/aromatic N) is 1. The zero-order valence-electron chi connectivity index (χ0n) is 16.6. The molecule has 0 saturated carbocycles. The number of aromatic amines is 2. The Hall–Kier alpha value is -3.45. The van der Waals surface area contributed by atoms with Crippen molar-refractivity contribution in [2.24, 2.45) is 0 Å². The number of carbonyl (C=O) groups excluding carboxylic acids is 1. The lowest BCUT2D eigenvalue weighted by Gasteiger charge is -2.33. The molecular formula is C23H20FN3O3. The molecule has 2 aromatic heterocycles. The Balaban J connectivity index is 1.60. The van der Waals surface area contributed by atoms with Crippen LogP contribution in [0.3, 0.4) is 0 Å². The van der Waals surface area contributed by atoms with Crippen LogP contribution in [0.25, 0.3) is 21.7 Å². The summed E-state index contributed by atoms with van der Waals surface area (Å²) >= 11 is 0. The average molecular weight is 405 g/mol. The lowest BCUT2D eigenvalue weighted by molar-refractivity contribution is 0.0333. The Bertz CT molecular complexity index is 1370. The number of halogens is 1. The van der Waals surface area contributed by atoms with Crippen LogP contribution >= 0.6 is 0 Å². The standard InChI is InChI=1S/C23H20FN3O3/c1-12-4-3-5-17-15(12)9-18(25-17)23(29)27(2)20-11-30-10-19-21(20)14-7-6-13(24)8-16(14)22(28)26-19/h3-9,20,25H,10-11H2,1-2H3,(H,26,28)/t20-/m0/s1. The van der Waals surface area contributed by atoms with Gasteiger partial charge in [-0.1, -0.05) is 18.2 Å². The minimum absolute atomic E-state index is 0.187. The minimum atomic E-state index is -0.477. The van der Waals surface area contributed by atoms with E-state index in [2.05, 4.69) is 9.97 Å². The third-order valence-corrected chi connectivity index (χ3v) is 5.86. The molecule has 0 aliphatic carbocycles. The molecule has 0 fully saturated rings. The molecule has 4 aromatic rings. The first-order valence-electron chi connectivity index (χ1n) is 9.71. The fraction of sp³-hybridized carbons (Fsp3) is 0.217. The molecule has 0 spiro atoms. The number of hydrogen-bond donors (Lipinski definition) is 2. The largest absolute Gasteiger partial charge is 0.373 e. The number of pyridine rings is 1. The third kappa shape index (κ3) is 2.81. The Morgan fingerprint density at radius 1 is 1.13 bits per heavy atom. The maximum Gasteiger partial charge on any atom is 0.270 e. The normalized spacial score (nSPS) is 16.0.